The highest BCUT2D eigenvalue weighted by atomic mass is 32.2. The van der Waals surface area contributed by atoms with Crippen molar-refractivity contribution in [3.8, 4) is 0 Å². The van der Waals surface area contributed by atoms with Crippen molar-refractivity contribution in [2.75, 3.05) is 0 Å². The average molecular weight is 433 g/mol. The maximum absolute atomic E-state index is 12.6. The van der Waals surface area contributed by atoms with Crippen LogP contribution in [0.3, 0.4) is 0 Å². The first kappa shape index (κ1) is 18.4. The van der Waals surface area contributed by atoms with Crippen molar-refractivity contribution in [1.82, 2.24) is 33.9 Å². The van der Waals surface area contributed by atoms with E-state index in [0.29, 0.717) is 29.4 Å². The maximum atomic E-state index is 12.6. The Bertz CT molecular complexity index is 1460. The van der Waals surface area contributed by atoms with Crippen LogP contribution in [-0.4, -0.2) is 33.9 Å². The van der Waals surface area contributed by atoms with Crippen molar-refractivity contribution in [2.24, 2.45) is 7.05 Å². The van der Waals surface area contributed by atoms with Gasteiger partial charge < -0.3 is 4.42 Å². The minimum Gasteiger partial charge on any atom is -0.467 e. The molecule has 0 aliphatic heterocycles. The molecule has 1 aliphatic rings. The zero-order valence-electron chi connectivity index (χ0n) is 16.8. The lowest BCUT2D eigenvalue weighted by Crippen LogP contribution is -2.20. The van der Waals surface area contributed by atoms with E-state index in [0.717, 1.165) is 40.9 Å². The molecule has 0 unspecified atom stereocenters. The molecule has 9 nitrogen and oxygen atoms in total. The lowest BCUT2D eigenvalue weighted by atomic mass is 10.2. The average Bonchev–Trinajstić information content (AvgIpc) is 3.17. The maximum Gasteiger partial charge on any atom is 0.262 e. The van der Waals surface area contributed by atoms with Crippen LogP contribution in [0, 0.1) is 0 Å². The first-order valence-electron chi connectivity index (χ1n) is 10.1. The molecule has 0 radical (unpaired) electrons. The van der Waals surface area contributed by atoms with Gasteiger partial charge >= 0.3 is 0 Å². The van der Waals surface area contributed by atoms with Crippen LogP contribution in [0.4, 0.5) is 0 Å². The smallest absolute Gasteiger partial charge is 0.262 e. The molecular weight excluding hydrogens is 414 g/mol. The fraction of sp³-hybridized carbons (Fsp3) is 0.286. The SMILES string of the molecule is Cn1c(=O)c2ccccc2n2c(CSc3nnc(C4CC4)n3Cc3ccco3)nnc12. The molecule has 156 valence electrons. The number of aryl methyl sites for hydroxylation is 1. The summed E-state index contributed by atoms with van der Waals surface area (Å²) in [5.74, 6) is 4.19. The fourth-order valence-corrected chi connectivity index (χ4v) is 4.73. The van der Waals surface area contributed by atoms with Gasteiger partial charge in [-0.1, -0.05) is 23.9 Å². The van der Waals surface area contributed by atoms with Crippen LogP contribution in [0.15, 0.2) is 57.0 Å². The summed E-state index contributed by atoms with van der Waals surface area (Å²) in [6.07, 6.45) is 3.98. The summed E-state index contributed by atoms with van der Waals surface area (Å²) in [6, 6.07) is 11.4. The van der Waals surface area contributed by atoms with Crippen LogP contribution in [0.25, 0.3) is 16.7 Å². The van der Waals surface area contributed by atoms with E-state index in [2.05, 4.69) is 25.0 Å². The van der Waals surface area contributed by atoms with Crippen molar-refractivity contribution < 1.29 is 4.42 Å². The Labute approximate surface area is 180 Å². The predicted octanol–water partition coefficient (Wildman–Crippen LogP) is 2.98. The summed E-state index contributed by atoms with van der Waals surface area (Å²) < 4.78 is 11.2. The van der Waals surface area contributed by atoms with Crippen molar-refractivity contribution >= 4 is 28.4 Å². The van der Waals surface area contributed by atoms with E-state index in [-0.39, 0.29) is 5.56 Å². The Morgan fingerprint density at radius 2 is 1.97 bits per heavy atom. The highest BCUT2D eigenvalue weighted by molar-refractivity contribution is 7.98. The molecule has 0 bridgehead atoms. The topological polar surface area (TPSA) is 96.0 Å². The highest BCUT2D eigenvalue weighted by Gasteiger charge is 2.31. The van der Waals surface area contributed by atoms with Gasteiger partial charge in [0.2, 0.25) is 5.78 Å². The Morgan fingerprint density at radius 1 is 1.10 bits per heavy atom. The van der Waals surface area contributed by atoms with Gasteiger partial charge in [-0.2, -0.15) is 0 Å². The number of thioether (sulfide) groups is 1. The number of hydrogen-bond acceptors (Lipinski definition) is 7. The molecule has 6 rings (SSSR count). The molecular formula is C21H19N7O2S. The largest absolute Gasteiger partial charge is 0.467 e. The summed E-state index contributed by atoms with van der Waals surface area (Å²) in [5, 5.41) is 19.0. The number of hydrogen-bond donors (Lipinski definition) is 0. The van der Waals surface area contributed by atoms with Gasteiger partial charge in [0, 0.05) is 13.0 Å². The van der Waals surface area contributed by atoms with Gasteiger partial charge in [-0.3, -0.25) is 18.3 Å². The standard InChI is InChI=1S/C21H19N7O2S/c1-26-19(29)15-6-2-3-7-16(15)28-17(22-24-20(26)28)12-31-21-25-23-18(13-8-9-13)27(21)11-14-5-4-10-30-14/h2-7,10,13H,8-9,11-12H2,1H3. The zero-order valence-corrected chi connectivity index (χ0v) is 17.6. The molecule has 1 aromatic carbocycles. The minimum absolute atomic E-state index is 0.0815. The first-order chi connectivity index (χ1) is 15.2. The van der Waals surface area contributed by atoms with Gasteiger partial charge in [-0.25, -0.2) is 0 Å². The van der Waals surface area contributed by atoms with E-state index in [1.54, 1.807) is 25.1 Å². The number of para-hydroxylation sites is 1. The molecule has 0 N–H and O–H groups in total. The molecule has 10 heteroatoms. The van der Waals surface area contributed by atoms with E-state index >= 15 is 0 Å². The van der Waals surface area contributed by atoms with Crippen molar-refractivity contribution in [1.29, 1.82) is 0 Å². The number of furan rings is 1. The molecule has 1 aliphatic carbocycles. The van der Waals surface area contributed by atoms with Crippen LogP contribution >= 0.6 is 11.8 Å². The molecule has 0 amide bonds. The van der Waals surface area contributed by atoms with E-state index in [1.165, 1.54) is 4.57 Å². The van der Waals surface area contributed by atoms with Gasteiger partial charge in [0.1, 0.15) is 17.4 Å². The van der Waals surface area contributed by atoms with Crippen molar-refractivity contribution in [2.45, 2.75) is 36.2 Å². The van der Waals surface area contributed by atoms with Gasteiger partial charge in [-0.15, -0.1) is 20.4 Å². The minimum atomic E-state index is -0.0815. The van der Waals surface area contributed by atoms with E-state index in [4.69, 9.17) is 4.42 Å². The summed E-state index contributed by atoms with van der Waals surface area (Å²) in [7, 11) is 1.72. The van der Waals surface area contributed by atoms with Crippen molar-refractivity contribution in [3.05, 3.63) is 70.4 Å². The van der Waals surface area contributed by atoms with Gasteiger partial charge in [0.05, 0.1) is 29.5 Å². The van der Waals surface area contributed by atoms with Gasteiger partial charge in [0.15, 0.2) is 5.16 Å². The lowest BCUT2D eigenvalue weighted by molar-refractivity contribution is 0.478. The van der Waals surface area contributed by atoms with Crippen molar-refractivity contribution in [3.63, 3.8) is 0 Å². The molecule has 0 saturated heterocycles. The number of rotatable bonds is 6. The molecule has 31 heavy (non-hydrogen) atoms. The zero-order chi connectivity index (χ0) is 20.9. The van der Waals surface area contributed by atoms with E-state index in [9.17, 15) is 4.79 Å². The van der Waals surface area contributed by atoms with Crippen LogP contribution in [-0.2, 0) is 19.3 Å². The third kappa shape index (κ3) is 3.05. The second-order valence-corrected chi connectivity index (χ2v) is 8.64. The van der Waals surface area contributed by atoms with Crippen LogP contribution in [0.2, 0.25) is 0 Å². The monoisotopic (exact) mass is 433 g/mol. The molecule has 1 fully saturated rings. The molecule has 0 atom stereocenters. The van der Waals surface area contributed by atoms with E-state index in [1.807, 2.05) is 40.8 Å². The van der Waals surface area contributed by atoms with Gasteiger partial charge in [-0.05, 0) is 37.1 Å². The van der Waals surface area contributed by atoms with Gasteiger partial charge in [0.25, 0.3) is 5.56 Å². The number of nitrogens with zero attached hydrogens (tertiary/aromatic N) is 7. The third-order valence-electron chi connectivity index (χ3n) is 5.61. The number of benzene rings is 1. The Morgan fingerprint density at radius 3 is 2.77 bits per heavy atom. The Kier molecular flexibility index (Phi) is 4.20. The van der Waals surface area contributed by atoms with Crippen LogP contribution in [0.1, 0.15) is 36.2 Å². The second kappa shape index (κ2) is 7.09. The summed E-state index contributed by atoms with van der Waals surface area (Å²) in [5.41, 5.74) is 0.721. The summed E-state index contributed by atoms with van der Waals surface area (Å²) >= 11 is 1.56. The van der Waals surface area contributed by atoms with Crippen LogP contribution < -0.4 is 5.56 Å². The molecule has 5 aromatic rings. The predicted molar refractivity (Wildman–Crippen MR) is 115 cm³/mol. The molecule has 4 heterocycles. The quantitative estimate of drug-likeness (QED) is 0.380. The number of aromatic nitrogens is 7. The summed E-state index contributed by atoms with van der Waals surface area (Å²) in [4.78, 5) is 12.6. The van der Waals surface area contributed by atoms with Crippen LogP contribution in [0.5, 0.6) is 0 Å². The first-order valence-corrected chi connectivity index (χ1v) is 11.1. The molecule has 0 spiro atoms. The fourth-order valence-electron chi connectivity index (χ4n) is 3.87. The van der Waals surface area contributed by atoms with E-state index < -0.39 is 0 Å². The molecule has 4 aromatic heterocycles. The third-order valence-corrected chi connectivity index (χ3v) is 6.57. The Hall–Kier alpha value is -3.40. The summed E-state index contributed by atoms with van der Waals surface area (Å²) in [6.45, 7) is 0.603. The lowest BCUT2D eigenvalue weighted by Gasteiger charge is -2.09. The Balaban J connectivity index is 1.38. The number of fused-ring (bicyclic) bond motifs is 3. The normalized spacial score (nSPS) is 14.1. The molecule has 1 saturated carbocycles. The highest BCUT2D eigenvalue weighted by Crippen LogP contribution is 2.40. The second-order valence-electron chi connectivity index (χ2n) is 7.70.